The van der Waals surface area contributed by atoms with Crippen molar-refractivity contribution in [2.45, 2.75) is 11.1 Å². The van der Waals surface area contributed by atoms with Crippen LogP contribution in [0.1, 0.15) is 5.56 Å². The van der Waals surface area contributed by atoms with Gasteiger partial charge in [0.05, 0.1) is 10.0 Å². The van der Waals surface area contributed by atoms with Crippen molar-refractivity contribution in [2.24, 2.45) is 0 Å². The fourth-order valence-corrected chi connectivity index (χ4v) is 5.76. The summed E-state index contributed by atoms with van der Waals surface area (Å²) in [4.78, 5) is 25.3. The highest BCUT2D eigenvalue weighted by atomic mass is 35.5. The van der Waals surface area contributed by atoms with Crippen LogP contribution in [0.15, 0.2) is 69.8 Å². The van der Waals surface area contributed by atoms with Crippen molar-refractivity contribution >= 4 is 61.1 Å². The molecule has 2 amide bonds. The van der Waals surface area contributed by atoms with Gasteiger partial charge in [-0.1, -0.05) is 11.6 Å². The van der Waals surface area contributed by atoms with Crippen LogP contribution >= 0.6 is 22.9 Å². The Labute approximate surface area is 198 Å². The summed E-state index contributed by atoms with van der Waals surface area (Å²) in [5.41, 5.74) is 2.48. The summed E-state index contributed by atoms with van der Waals surface area (Å²) >= 11 is 6.62. The average molecular weight is 503 g/mol. The number of carbonyl (C=O) groups is 1. The summed E-state index contributed by atoms with van der Waals surface area (Å²) in [5, 5.41) is 6.95. The molecule has 33 heavy (non-hydrogen) atoms. The fraction of sp³-hybridized carbons (Fsp3) is 0.0909. The van der Waals surface area contributed by atoms with Gasteiger partial charge >= 0.3 is 6.03 Å². The van der Waals surface area contributed by atoms with E-state index in [2.05, 4.69) is 10.6 Å². The SMILES string of the molecule is CNc1ccc2c(=O)n(-c3ccc(NC(=O)NS(=O)(=O)c4ccc(Cl)s4)cc3C)ccc2c1. The van der Waals surface area contributed by atoms with E-state index in [0.29, 0.717) is 26.7 Å². The number of hydrogen-bond acceptors (Lipinski definition) is 6. The Morgan fingerprint density at radius 3 is 2.45 bits per heavy atom. The minimum atomic E-state index is -4.03. The van der Waals surface area contributed by atoms with E-state index in [1.807, 2.05) is 30.0 Å². The topological polar surface area (TPSA) is 109 Å². The molecule has 0 unspecified atom stereocenters. The number of rotatable bonds is 5. The number of carbonyl (C=O) groups excluding carboxylic acids is 1. The highest BCUT2D eigenvalue weighted by Gasteiger charge is 2.20. The third-order valence-corrected chi connectivity index (χ3v) is 8.00. The molecule has 0 fully saturated rings. The molecule has 4 aromatic rings. The van der Waals surface area contributed by atoms with Gasteiger partial charge in [0.25, 0.3) is 15.6 Å². The quantitative estimate of drug-likeness (QED) is 0.370. The molecule has 2 aromatic heterocycles. The number of benzene rings is 2. The number of sulfonamides is 1. The molecule has 11 heteroatoms. The fourth-order valence-electron chi connectivity index (χ4n) is 3.37. The zero-order valence-electron chi connectivity index (χ0n) is 17.5. The van der Waals surface area contributed by atoms with Gasteiger partial charge in [-0.15, -0.1) is 11.3 Å². The number of thiophene rings is 1. The first kappa shape index (κ1) is 22.8. The normalized spacial score (nSPS) is 11.4. The molecule has 2 heterocycles. The zero-order chi connectivity index (χ0) is 23.8. The van der Waals surface area contributed by atoms with E-state index in [0.717, 1.165) is 22.4 Å². The molecule has 0 aliphatic carbocycles. The largest absolute Gasteiger partial charge is 0.388 e. The summed E-state index contributed by atoms with van der Waals surface area (Å²) in [6, 6.07) is 14.2. The third-order valence-electron chi connectivity index (χ3n) is 4.95. The summed E-state index contributed by atoms with van der Waals surface area (Å²) < 4.78 is 28.3. The molecule has 0 spiro atoms. The van der Waals surface area contributed by atoms with Crippen LogP contribution in [-0.2, 0) is 10.0 Å². The van der Waals surface area contributed by atoms with Crippen LogP contribution in [0.4, 0.5) is 16.2 Å². The first-order valence-electron chi connectivity index (χ1n) is 9.71. The van der Waals surface area contributed by atoms with Crippen LogP contribution in [0.2, 0.25) is 4.34 Å². The van der Waals surface area contributed by atoms with Crippen LogP contribution in [0.5, 0.6) is 0 Å². The second kappa shape index (κ2) is 8.89. The standard InChI is InChI=1S/C22H19ClN4O4S2/c1-13-11-16(25-22(29)26-33(30,31)20-8-7-19(23)32-20)4-6-18(13)27-10-9-14-12-15(24-2)3-5-17(14)21(27)28/h3-12,24H,1-2H3,(H2,25,26,29). The van der Waals surface area contributed by atoms with Crippen LogP contribution < -0.4 is 20.9 Å². The highest BCUT2D eigenvalue weighted by molar-refractivity contribution is 7.92. The third kappa shape index (κ3) is 4.72. The second-order valence-corrected chi connectivity index (χ2v) is 10.8. The van der Waals surface area contributed by atoms with Crippen molar-refractivity contribution in [3.05, 3.63) is 81.0 Å². The number of pyridine rings is 1. The van der Waals surface area contributed by atoms with Gasteiger partial charge in [-0.2, -0.15) is 0 Å². The van der Waals surface area contributed by atoms with E-state index in [4.69, 9.17) is 11.6 Å². The molecular formula is C22H19ClN4O4S2. The maximum atomic E-state index is 13.0. The Bertz CT molecular complexity index is 1540. The maximum Gasteiger partial charge on any atom is 0.333 e. The molecule has 0 aliphatic heterocycles. The molecule has 0 radical (unpaired) electrons. The average Bonchev–Trinajstić information content (AvgIpc) is 3.21. The summed E-state index contributed by atoms with van der Waals surface area (Å²) in [7, 11) is -2.22. The van der Waals surface area contributed by atoms with Gasteiger partial charge in [0.1, 0.15) is 4.21 Å². The molecule has 0 saturated heterocycles. The Morgan fingerprint density at radius 1 is 1.03 bits per heavy atom. The number of halogens is 1. The van der Waals surface area contributed by atoms with Crippen molar-refractivity contribution in [1.29, 1.82) is 0 Å². The van der Waals surface area contributed by atoms with Crippen molar-refractivity contribution < 1.29 is 13.2 Å². The lowest BCUT2D eigenvalue weighted by Crippen LogP contribution is -2.34. The van der Waals surface area contributed by atoms with E-state index >= 15 is 0 Å². The van der Waals surface area contributed by atoms with Crippen LogP contribution in [0.3, 0.4) is 0 Å². The summed E-state index contributed by atoms with van der Waals surface area (Å²) in [5.74, 6) is 0. The molecule has 170 valence electrons. The number of amides is 2. The number of nitrogens with one attached hydrogen (secondary N) is 3. The maximum absolute atomic E-state index is 13.0. The van der Waals surface area contributed by atoms with Crippen molar-refractivity contribution in [3.63, 3.8) is 0 Å². The second-order valence-electron chi connectivity index (χ2n) is 7.16. The first-order valence-corrected chi connectivity index (χ1v) is 12.4. The monoisotopic (exact) mass is 502 g/mol. The number of anilines is 2. The van der Waals surface area contributed by atoms with E-state index in [1.165, 1.54) is 16.7 Å². The highest BCUT2D eigenvalue weighted by Crippen LogP contribution is 2.25. The zero-order valence-corrected chi connectivity index (χ0v) is 19.9. The molecular weight excluding hydrogens is 484 g/mol. The van der Waals surface area contributed by atoms with E-state index < -0.39 is 16.1 Å². The van der Waals surface area contributed by atoms with Gasteiger partial charge < -0.3 is 10.6 Å². The molecule has 2 aromatic carbocycles. The van der Waals surface area contributed by atoms with E-state index in [-0.39, 0.29) is 9.77 Å². The minimum Gasteiger partial charge on any atom is -0.388 e. The van der Waals surface area contributed by atoms with Gasteiger partial charge in [-0.3, -0.25) is 9.36 Å². The van der Waals surface area contributed by atoms with Gasteiger partial charge in [0, 0.05) is 30.0 Å². The summed E-state index contributed by atoms with van der Waals surface area (Å²) in [6.45, 7) is 1.80. The number of urea groups is 1. The Kier molecular flexibility index (Phi) is 6.15. The summed E-state index contributed by atoms with van der Waals surface area (Å²) in [6.07, 6.45) is 1.70. The molecule has 0 atom stereocenters. The predicted octanol–water partition coefficient (Wildman–Crippen LogP) is 4.57. The van der Waals surface area contributed by atoms with E-state index in [9.17, 15) is 18.0 Å². The molecule has 8 nitrogen and oxygen atoms in total. The molecule has 0 aliphatic rings. The van der Waals surface area contributed by atoms with Gasteiger partial charge in [0.2, 0.25) is 0 Å². The molecule has 3 N–H and O–H groups in total. The lowest BCUT2D eigenvalue weighted by atomic mass is 10.1. The van der Waals surface area contributed by atoms with Crippen LogP contribution in [0, 0.1) is 6.92 Å². The number of hydrogen-bond donors (Lipinski definition) is 3. The lowest BCUT2D eigenvalue weighted by molar-refractivity contribution is 0.256. The lowest BCUT2D eigenvalue weighted by Gasteiger charge is -2.13. The number of nitrogens with zero attached hydrogens (tertiary/aromatic N) is 1. The number of aryl methyl sites for hydroxylation is 1. The van der Waals surface area contributed by atoms with Crippen LogP contribution in [-0.4, -0.2) is 26.1 Å². The molecule has 0 saturated carbocycles. The smallest absolute Gasteiger partial charge is 0.333 e. The van der Waals surface area contributed by atoms with Gasteiger partial charge in [0.15, 0.2) is 0 Å². The van der Waals surface area contributed by atoms with Crippen molar-refractivity contribution in [2.75, 3.05) is 17.7 Å². The number of aromatic nitrogens is 1. The first-order chi connectivity index (χ1) is 15.7. The Hall–Kier alpha value is -3.34. The Morgan fingerprint density at radius 2 is 1.79 bits per heavy atom. The van der Waals surface area contributed by atoms with Crippen LogP contribution in [0.25, 0.3) is 16.5 Å². The van der Waals surface area contributed by atoms with E-state index in [1.54, 1.807) is 37.4 Å². The van der Waals surface area contributed by atoms with Crippen molar-refractivity contribution in [3.8, 4) is 5.69 Å². The number of fused-ring (bicyclic) bond motifs is 1. The van der Waals surface area contributed by atoms with Crippen molar-refractivity contribution in [1.82, 2.24) is 9.29 Å². The Balaban J connectivity index is 1.57. The molecule has 4 rings (SSSR count). The van der Waals surface area contributed by atoms with Gasteiger partial charge in [-0.05, 0) is 72.5 Å². The van der Waals surface area contributed by atoms with Gasteiger partial charge in [-0.25, -0.2) is 17.9 Å². The molecule has 0 bridgehead atoms. The predicted molar refractivity (Wildman–Crippen MR) is 132 cm³/mol. The minimum absolute atomic E-state index is 0.0632.